The van der Waals surface area contributed by atoms with Crippen LogP contribution in [0.3, 0.4) is 0 Å². The number of alkyl halides is 3. The molecule has 20 heavy (non-hydrogen) atoms. The van der Waals surface area contributed by atoms with Gasteiger partial charge in [-0.1, -0.05) is 23.2 Å². The molecule has 1 N–H and O–H groups in total. The molecule has 1 aliphatic heterocycles. The fraction of sp³-hybridized carbons (Fsp3) is 0.700. The van der Waals surface area contributed by atoms with Crippen LogP contribution < -0.4 is 5.32 Å². The first-order valence-electron chi connectivity index (χ1n) is 5.47. The number of hydrogen-bond acceptors (Lipinski definition) is 6. The lowest BCUT2D eigenvalue weighted by molar-refractivity contribution is -0.174. The van der Waals surface area contributed by atoms with Crippen molar-refractivity contribution in [3.05, 3.63) is 0 Å². The van der Waals surface area contributed by atoms with E-state index < -0.39 is 40.8 Å². The molecule has 0 saturated carbocycles. The number of β-lactam (4-membered cyclic amide) rings is 1. The van der Waals surface area contributed by atoms with Gasteiger partial charge in [-0.05, 0) is 6.92 Å². The zero-order chi connectivity index (χ0) is 15.5. The predicted molar refractivity (Wildman–Crippen MR) is 69.4 cm³/mol. The van der Waals surface area contributed by atoms with Crippen molar-refractivity contribution >= 4 is 52.8 Å². The average Bonchev–Trinajstić information content (AvgIpc) is 2.26. The number of carbonyl (C=O) groups excluding carboxylic acids is 3. The van der Waals surface area contributed by atoms with Crippen LogP contribution in [-0.2, 0) is 23.8 Å². The summed E-state index contributed by atoms with van der Waals surface area (Å²) in [6, 6.07) is 0. The highest BCUT2D eigenvalue weighted by molar-refractivity contribution is 6.50. The number of hydrogen-bond donors (Lipinski definition) is 1. The quantitative estimate of drug-likeness (QED) is 0.460. The predicted octanol–water partition coefficient (Wildman–Crippen LogP) is 1.53. The summed E-state index contributed by atoms with van der Waals surface area (Å²) in [6.07, 6.45) is -2.95. The van der Waals surface area contributed by atoms with E-state index in [0.29, 0.717) is 0 Å². The molecular weight excluding hydrogens is 336 g/mol. The van der Waals surface area contributed by atoms with Crippen LogP contribution in [0.25, 0.3) is 0 Å². The van der Waals surface area contributed by atoms with Crippen molar-refractivity contribution in [2.45, 2.75) is 30.7 Å². The van der Waals surface area contributed by atoms with Gasteiger partial charge in [0.2, 0.25) is 5.91 Å². The van der Waals surface area contributed by atoms with Crippen molar-refractivity contribution in [1.29, 1.82) is 0 Å². The van der Waals surface area contributed by atoms with Gasteiger partial charge in [-0.25, -0.2) is 4.79 Å². The molecule has 1 saturated heterocycles. The van der Waals surface area contributed by atoms with Gasteiger partial charge in [-0.3, -0.25) is 9.59 Å². The number of amides is 1. The fourth-order valence-electron chi connectivity index (χ4n) is 1.51. The Morgan fingerprint density at radius 1 is 1.45 bits per heavy atom. The molecule has 1 unspecified atom stereocenters. The smallest absolute Gasteiger partial charge is 0.441 e. The van der Waals surface area contributed by atoms with Crippen molar-refractivity contribution < 1.29 is 28.6 Å². The van der Waals surface area contributed by atoms with Gasteiger partial charge in [0.15, 0.2) is 6.23 Å². The summed E-state index contributed by atoms with van der Waals surface area (Å²) in [5.41, 5.74) is 0. The molecule has 0 aromatic heterocycles. The van der Waals surface area contributed by atoms with Gasteiger partial charge in [0.25, 0.3) is 4.52 Å². The fourth-order valence-corrected chi connectivity index (χ4v) is 1.69. The number of ether oxygens (including phenoxy) is 3. The Labute approximate surface area is 129 Å². The molecule has 1 amide bonds. The number of esters is 1. The molecule has 114 valence electrons. The molecule has 1 rings (SSSR count). The lowest BCUT2D eigenvalue weighted by Crippen LogP contribution is -2.64. The minimum atomic E-state index is -1.92. The van der Waals surface area contributed by atoms with Gasteiger partial charge in [-0.2, -0.15) is 0 Å². The second kappa shape index (κ2) is 6.69. The van der Waals surface area contributed by atoms with Crippen LogP contribution in [0.4, 0.5) is 4.79 Å². The van der Waals surface area contributed by atoms with Crippen molar-refractivity contribution in [1.82, 2.24) is 5.32 Å². The molecule has 7 nitrogen and oxygen atoms in total. The van der Waals surface area contributed by atoms with E-state index in [9.17, 15) is 14.4 Å². The van der Waals surface area contributed by atoms with Gasteiger partial charge < -0.3 is 19.5 Å². The van der Waals surface area contributed by atoms with E-state index in [4.69, 9.17) is 44.3 Å². The minimum Gasteiger partial charge on any atom is -0.441 e. The Balaban J connectivity index is 2.53. The monoisotopic (exact) mass is 347 g/mol. The van der Waals surface area contributed by atoms with Gasteiger partial charge >= 0.3 is 12.1 Å². The molecule has 3 atom stereocenters. The third kappa shape index (κ3) is 4.57. The summed E-state index contributed by atoms with van der Waals surface area (Å²) in [5, 5.41) is 2.35. The zero-order valence-corrected chi connectivity index (χ0v) is 12.8. The van der Waals surface area contributed by atoms with E-state index in [1.54, 1.807) is 0 Å². The largest absolute Gasteiger partial charge is 0.511 e. The summed E-state index contributed by atoms with van der Waals surface area (Å²) in [7, 11) is 0. The Morgan fingerprint density at radius 3 is 2.50 bits per heavy atom. The number of rotatable bonds is 5. The van der Waals surface area contributed by atoms with Crippen molar-refractivity contribution in [3.8, 4) is 0 Å². The SMILES string of the molecule is CC(=O)O[C@H]1NC(=O)[C@H]1C(C)OC(=O)OC(Cl)(Cl)CCl. The maximum atomic E-state index is 11.4. The van der Waals surface area contributed by atoms with E-state index in [-0.39, 0.29) is 5.88 Å². The van der Waals surface area contributed by atoms with Crippen molar-refractivity contribution in [2.24, 2.45) is 5.92 Å². The van der Waals surface area contributed by atoms with Crippen LogP contribution >= 0.6 is 34.8 Å². The Morgan fingerprint density at radius 2 is 2.05 bits per heavy atom. The summed E-state index contributed by atoms with van der Waals surface area (Å²) in [5.74, 6) is -2.18. The minimum absolute atomic E-state index is 0.362. The molecule has 1 heterocycles. The molecule has 1 aliphatic rings. The lowest BCUT2D eigenvalue weighted by atomic mass is 9.93. The molecule has 0 aliphatic carbocycles. The second-order valence-corrected chi connectivity index (χ2v) is 5.69. The first-order valence-corrected chi connectivity index (χ1v) is 6.76. The van der Waals surface area contributed by atoms with Crippen molar-refractivity contribution in [2.75, 3.05) is 5.88 Å². The average molecular weight is 349 g/mol. The van der Waals surface area contributed by atoms with Crippen LogP contribution in [0.15, 0.2) is 0 Å². The standard InChI is InChI=1S/C10H12Cl3NO6/c1-4(18-9(17)20-10(12,13)3-11)6-7(16)14-8(6)19-5(2)15/h4,6,8H,3H2,1-2H3,(H,14,16)/t4?,6-,8-/m1/s1. The van der Waals surface area contributed by atoms with Crippen LogP contribution in [0.5, 0.6) is 0 Å². The molecule has 10 heteroatoms. The zero-order valence-electron chi connectivity index (χ0n) is 10.5. The van der Waals surface area contributed by atoms with Crippen LogP contribution in [0.2, 0.25) is 0 Å². The van der Waals surface area contributed by atoms with Crippen LogP contribution in [0, 0.1) is 5.92 Å². The highest BCUT2D eigenvalue weighted by Gasteiger charge is 2.47. The highest BCUT2D eigenvalue weighted by atomic mass is 35.5. The highest BCUT2D eigenvalue weighted by Crippen LogP contribution is 2.27. The third-order valence-electron chi connectivity index (χ3n) is 2.38. The second-order valence-electron chi connectivity index (χ2n) is 4.01. The molecule has 0 radical (unpaired) electrons. The number of nitrogens with one attached hydrogen (secondary N) is 1. The summed E-state index contributed by atoms with van der Waals surface area (Å²) in [6.45, 7) is 2.63. The molecule has 0 bridgehead atoms. The third-order valence-corrected chi connectivity index (χ3v) is 3.45. The van der Waals surface area contributed by atoms with E-state index in [1.165, 1.54) is 13.8 Å². The van der Waals surface area contributed by atoms with E-state index >= 15 is 0 Å². The first-order chi connectivity index (χ1) is 9.16. The Kier molecular flexibility index (Phi) is 5.73. The van der Waals surface area contributed by atoms with E-state index in [0.717, 1.165) is 0 Å². The van der Waals surface area contributed by atoms with E-state index in [1.807, 2.05) is 0 Å². The Bertz CT molecular complexity index is 416. The summed E-state index contributed by atoms with van der Waals surface area (Å²) in [4.78, 5) is 33.6. The van der Waals surface area contributed by atoms with Gasteiger partial charge in [0, 0.05) is 6.92 Å². The van der Waals surface area contributed by atoms with E-state index in [2.05, 4.69) is 10.1 Å². The number of halogens is 3. The van der Waals surface area contributed by atoms with Crippen molar-refractivity contribution in [3.63, 3.8) is 0 Å². The Hall–Kier alpha value is -0.920. The summed E-state index contributed by atoms with van der Waals surface area (Å²) >= 11 is 16.4. The van der Waals surface area contributed by atoms with Gasteiger partial charge in [0.05, 0.1) is 5.88 Å². The number of carbonyl (C=O) groups is 3. The van der Waals surface area contributed by atoms with Crippen LogP contribution in [-0.4, -0.2) is 40.8 Å². The maximum Gasteiger partial charge on any atom is 0.511 e. The summed E-state index contributed by atoms with van der Waals surface area (Å²) < 4.78 is 12.3. The molecule has 0 aromatic rings. The molecule has 0 aromatic carbocycles. The molecular formula is C10H12Cl3NO6. The maximum absolute atomic E-state index is 11.4. The molecule has 0 spiro atoms. The first kappa shape index (κ1) is 17.1. The lowest BCUT2D eigenvalue weighted by Gasteiger charge is -2.38. The molecule has 1 fully saturated rings. The normalized spacial score (nSPS) is 23.1. The van der Waals surface area contributed by atoms with Gasteiger partial charge in [-0.15, -0.1) is 11.6 Å². The van der Waals surface area contributed by atoms with Crippen LogP contribution in [0.1, 0.15) is 13.8 Å². The topological polar surface area (TPSA) is 90.9 Å². The van der Waals surface area contributed by atoms with Gasteiger partial charge in [0.1, 0.15) is 12.0 Å².